The number of hydrogen-bond acceptors (Lipinski definition) is 5. The number of ether oxygens (including phenoxy) is 2. The standard InChI is InChI=1S/C24H34N2O5S/c1-7-30-21-14-10-20(11-15-21)26(32(6,28)29)18(2)23(27)25-16-17-31-22-12-8-19(9-13-22)24(3,4)5/h8-15,18H,7,16-17H2,1-6H3,(H,25,27). The molecule has 0 aromatic heterocycles. The Morgan fingerprint density at radius 3 is 2.03 bits per heavy atom. The molecule has 0 saturated carbocycles. The highest BCUT2D eigenvalue weighted by Crippen LogP contribution is 2.25. The third kappa shape index (κ3) is 7.15. The Morgan fingerprint density at radius 2 is 1.53 bits per heavy atom. The van der Waals surface area contributed by atoms with Gasteiger partial charge in [0.05, 0.1) is 25.1 Å². The van der Waals surface area contributed by atoms with Gasteiger partial charge in [-0.15, -0.1) is 0 Å². The first kappa shape index (κ1) is 25.5. The van der Waals surface area contributed by atoms with Gasteiger partial charge in [0.2, 0.25) is 15.9 Å². The summed E-state index contributed by atoms with van der Waals surface area (Å²) in [5, 5.41) is 2.75. The molecule has 0 aliphatic rings. The van der Waals surface area contributed by atoms with Crippen molar-refractivity contribution in [1.82, 2.24) is 5.32 Å². The molecule has 7 nitrogen and oxygen atoms in total. The van der Waals surface area contributed by atoms with Gasteiger partial charge in [0.15, 0.2) is 0 Å². The van der Waals surface area contributed by atoms with E-state index in [4.69, 9.17) is 9.47 Å². The van der Waals surface area contributed by atoms with Gasteiger partial charge in [-0.2, -0.15) is 0 Å². The smallest absolute Gasteiger partial charge is 0.243 e. The zero-order chi connectivity index (χ0) is 23.9. The van der Waals surface area contributed by atoms with Crippen LogP contribution in [0.2, 0.25) is 0 Å². The number of sulfonamides is 1. The van der Waals surface area contributed by atoms with Gasteiger partial charge in [0, 0.05) is 0 Å². The highest BCUT2D eigenvalue weighted by Gasteiger charge is 2.29. The second-order valence-corrected chi connectivity index (χ2v) is 10.4. The average Bonchev–Trinajstić information content (AvgIpc) is 2.71. The van der Waals surface area contributed by atoms with E-state index in [9.17, 15) is 13.2 Å². The van der Waals surface area contributed by atoms with E-state index < -0.39 is 22.0 Å². The van der Waals surface area contributed by atoms with Crippen LogP contribution in [0, 0.1) is 0 Å². The summed E-state index contributed by atoms with van der Waals surface area (Å²) in [5.74, 6) is 0.943. The zero-order valence-corrected chi connectivity index (χ0v) is 20.5. The molecule has 0 radical (unpaired) electrons. The van der Waals surface area contributed by atoms with Gasteiger partial charge in [-0.3, -0.25) is 9.10 Å². The average molecular weight is 463 g/mol. The molecule has 1 unspecified atom stereocenters. The maximum Gasteiger partial charge on any atom is 0.243 e. The fourth-order valence-corrected chi connectivity index (χ4v) is 4.38. The fourth-order valence-electron chi connectivity index (χ4n) is 3.21. The number of benzene rings is 2. The van der Waals surface area contributed by atoms with Crippen LogP contribution in [0.25, 0.3) is 0 Å². The van der Waals surface area contributed by atoms with Crippen LogP contribution in [-0.2, 0) is 20.2 Å². The highest BCUT2D eigenvalue weighted by molar-refractivity contribution is 7.92. The Bertz CT molecular complexity index is 981. The molecular weight excluding hydrogens is 428 g/mol. The number of anilines is 1. The maximum atomic E-state index is 12.6. The van der Waals surface area contributed by atoms with Crippen molar-refractivity contribution in [2.45, 2.75) is 46.1 Å². The second-order valence-electron chi connectivity index (χ2n) is 8.58. The van der Waals surface area contributed by atoms with Gasteiger partial charge in [-0.05, 0) is 61.2 Å². The number of carbonyl (C=O) groups excluding carboxylic acids is 1. The molecule has 0 heterocycles. The number of nitrogens with one attached hydrogen (secondary N) is 1. The Kier molecular flexibility index (Phi) is 8.55. The van der Waals surface area contributed by atoms with Crippen LogP contribution in [0.15, 0.2) is 48.5 Å². The lowest BCUT2D eigenvalue weighted by Gasteiger charge is -2.28. The van der Waals surface area contributed by atoms with Crippen LogP contribution in [0.3, 0.4) is 0 Å². The number of carbonyl (C=O) groups is 1. The maximum absolute atomic E-state index is 12.6. The summed E-state index contributed by atoms with van der Waals surface area (Å²) in [4.78, 5) is 12.6. The minimum atomic E-state index is -3.68. The summed E-state index contributed by atoms with van der Waals surface area (Å²) >= 11 is 0. The largest absolute Gasteiger partial charge is 0.494 e. The molecule has 1 atom stereocenters. The van der Waals surface area contributed by atoms with E-state index in [0.29, 0.717) is 23.8 Å². The van der Waals surface area contributed by atoms with Gasteiger partial charge >= 0.3 is 0 Å². The highest BCUT2D eigenvalue weighted by atomic mass is 32.2. The lowest BCUT2D eigenvalue weighted by Crippen LogP contribution is -2.48. The van der Waals surface area contributed by atoms with E-state index in [1.54, 1.807) is 31.2 Å². The quantitative estimate of drug-likeness (QED) is 0.544. The molecule has 0 spiro atoms. The molecule has 2 aromatic carbocycles. The first-order chi connectivity index (χ1) is 14.9. The first-order valence-corrected chi connectivity index (χ1v) is 12.5. The topological polar surface area (TPSA) is 84.9 Å². The number of hydrogen-bond donors (Lipinski definition) is 1. The van der Waals surface area contributed by atoms with Crippen molar-refractivity contribution in [2.75, 3.05) is 30.3 Å². The van der Waals surface area contributed by atoms with E-state index >= 15 is 0 Å². The van der Waals surface area contributed by atoms with Crippen molar-refractivity contribution in [3.63, 3.8) is 0 Å². The van der Waals surface area contributed by atoms with Crippen molar-refractivity contribution in [3.05, 3.63) is 54.1 Å². The molecule has 0 bridgehead atoms. The molecule has 176 valence electrons. The van der Waals surface area contributed by atoms with E-state index in [0.717, 1.165) is 10.6 Å². The van der Waals surface area contributed by atoms with Crippen LogP contribution in [0.4, 0.5) is 5.69 Å². The zero-order valence-electron chi connectivity index (χ0n) is 19.7. The van der Waals surface area contributed by atoms with Gasteiger partial charge in [0.1, 0.15) is 24.1 Å². The van der Waals surface area contributed by atoms with Crippen LogP contribution in [0.5, 0.6) is 11.5 Å². The third-order valence-electron chi connectivity index (χ3n) is 4.88. The van der Waals surface area contributed by atoms with Crippen molar-refractivity contribution >= 4 is 21.6 Å². The van der Waals surface area contributed by atoms with Crippen molar-refractivity contribution in [3.8, 4) is 11.5 Å². The van der Waals surface area contributed by atoms with Gasteiger partial charge in [0.25, 0.3) is 0 Å². The van der Waals surface area contributed by atoms with Gasteiger partial charge < -0.3 is 14.8 Å². The molecule has 0 saturated heterocycles. The van der Waals surface area contributed by atoms with Gasteiger partial charge in [-0.25, -0.2) is 8.42 Å². The predicted molar refractivity (Wildman–Crippen MR) is 128 cm³/mol. The molecule has 0 fully saturated rings. The van der Waals surface area contributed by atoms with Crippen LogP contribution >= 0.6 is 0 Å². The van der Waals surface area contributed by atoms with E-state index in [2.05, 4.69) is 26.1 Å². The Morgan fingerprint density at radius 1 is 1.00 bits per heavy atom. The lowest BCUT2D eigenvalue weighted by atomic mass is 9.87. The van der Waals surface area contributed by atoms with E-state index in [-0.39, 0.29) is 18.6 Å². The summed E-state index contributed by atoms with van der Waals surface area (Å²) in [6.45, 7) is 10.9. The summed E-state index contributed by atoms with van der Waals surface area (Å²) < 4.78 is 37.0. The van der Waals surface area contributed by atoms with Crippen molar-refractivity contribution in [2.24, 2.45) is 0 Å². The van der Waals surface area contributed by atoms with E-state index in [1.807, 2.05) is 31.2 Å². The number of amides is 1. The molecular formula is C24H34N2O5S. The molecule has 0 aliphatic carbocycles. The number of rotatable bonds is 10. The first-order valence-electron chi connectivity index (χ1n) is 10.7. The van der Waals surface area contributed by atoms with Crippen molar-refractivity contribution < 1.29 is 22.7 Å². The summed E-state index contributed by atoms with van der Waals surface area (Å²) in [6.07, 6.45) is 1.08. The van der Waals surface area contributed by atoms with E-state index in [1.165, 1.54) is 5.56 Å². The van der Waals surface area contributed by atoms with Crippen LogP contribution in [-0.4, -0.2) is 46.4 Å². The van der Waals surface area contributed by atoms with Crippen LogP contribution < -0.4 is 19.1 Å². The summed E-state index contributed by atoms with van der Waals surface area (Å²) in [6, 6.07) is 13.5. The normalized spacial score (nSPS) is 12.7. The summed E-state index contributed by atoms with van der Waals surface area (Å²) in [5.41, 5.74) is 1.67. The Labute approximate surface area is 191 Å². The monoisotopic (exact) mass is 462 g/mol. The van der Waals surface area contributed by atoms with Gasteiger partial charge in [-0.1, -0.05) is 32.9 Å². The Hall–Kier alpha value is -2.74. The second kappa shape index (κ2) is 10.7. The molecule has 2 aromatic rings. The fraction of sp³-hybridized carbons (Fsp3) is 0.458. The molecule has 0 aliphatic heterocycles. The molecule has 1 amide bonds. The lowest BCUT2D eigenvalue weighted by molar-refractivity contribution is -0.121. The minimum absolute atomic E-state index is 0.0669. The molecule has 2 rings (SSSR count). The molecule has 32 heavy (non-hydrogen) atoms. The SMILES string of the molecule is CCOc1ccc(N(C(C)C(=O)NCCOc2ccc(C(C)(C)C)cc2)S(C)(=O)=O)cc1. The molecule has 8 heteroatoms. The predicted octanol–water partition coefficient (Wildman–Crippen LogP) is 3.73. The third-order valence-corrected chi connectivity index (χ3v) is 6.12. The van der Waals surface area contributed by atoms with Crippen LogP contribution in [0.1, 0.15) is 40.2 Å². The van der Waals surface area contributed by atoms with Crippen molar-refractivity contribution in [1.29, 1.82) is 0 Å². The molecule has 1 N–H and O–H groups in total. The minimum Gasteiger partial charge on any atom is -0.494 e. The Balaban J connectivity index is 1.95. The summed E-state index contributed by atoms with van der Waals surface area (Å²) in [7, 11) is -3.68. The number of nitrogens with zero attached hydrogens (tertiary/aromatic N) is 1.